The Balaban J connectivity index is 1.42. The van der Waals surface area contributed by atoms with E-state index >= 15 is 0 Å². The second kappa shape index (κ2) is 8.06. The number of amides is 1. The number of ether oxygens (including phenoxy) is 1. The average molecular weight is 395 g/mol. The Bertz CT molecular complexity index is 1000. The number of aromatic nitrogens is 3. The van der Waals surface area contributed by atoms with Crippen molar-refractivity contribution in [3.63, 3.8) is 0 Å². The number of hydrogen-bond acceptors (Lipinski definition) is 5. The van der Waals surface area contributed by atoms with Gasteiger partial charge in [0.2, 0.25) is 5.91 Å². The lowest BCUT2D eigenvalue weighted by Crippen LogP contribution is -2.37. The van der Waals surface area contributed by atoms with Gasteiger partial charge < -0.3 is 14.2 Å². The van der Waals surface area contributed by atoms with Crippen molar-refractivity contribution < 1.29 is 9.53 Å². The predicted molar refractivity (Wildman–Crippen MR) is 109 cm³/mol. The number of rotatable bonds is 5. The number of methoxy groups -OCH3 is 1. The van der Waals surface area contributed by atoms with Crippen molar-refractivity contribution in [3.05, 3.63) is 59.7 Å². The van der Waals surface area contributed by atoms with E-state index in [1.807, 2.05) is 46.8 Å². The summed E-state index contributed by atoms with van der Waals surface area (Å²) in [4.78, 5) is 14.6. The van der Waals surface area contributed by atoms with E-state index in [0.717, 1.165) is 35.3 Å². The highest BCUT2D eigenvalue weighted by molar-refractivity contribution is 7.99. The Morgan fingerprint density at radius 2 is 1.96 bits per heavy atom. The van der Waals surface area contributed by atoms with Crippen molar-refractivity contribution in [2.24, 2.45) is 7.05 Å². The highest BCUT2D eigenvalue weighted by Gasteiger charge is 2.21. The fourth-order valence-corrected chi connectivity index (χ4v) is 4.19. The minimum atomic E-state index is 0.130. The molecule has 0 saturated heterocycles. The Kier molecular flexibility index (Phi) is 5.34. The molecule has 0 radical (unpaired) electrons. The van der Waals surface area contributed by atoms with Crippen molar-refractivity contribution in [1.29, 1.82) is 0 Å². The number of carbonyl (C=O) groups is 1. The molecule has 2 aromatic carbocycles. The van der Waals surface area contributed by atoms with Crippen molar-refractivity contribution in [2.45, 2.75) is 18.1 Å². The molecule has 1 amide bonds. The molecular weight excluding hydrogens is 372 g/mol. The molecule has 0 saturated carbocycles. The zero-order valence-corrected chi connectivity index (χ0v) is 16.8. The molecule has 0 aliphatic carbocycles. The van der Waals surface area contributed by atoms with Crippen LogP contribution in [-0.2, 0) is 24.8 Å². The number of fused-ring (bicyclic) bond motifs is 1. The summed E-state index contributed by atoms with van der Waals surface area (Å²) in [5.74, 6) is 2.01. The molecular formula is C21H22N4O2S. The van der Waals surface area contributed by atoms with Gasteiger partial charge in [-0.05, 0) is 29.7 Å². The molecule has 0 spiro atoms. The minimum Gasteiger partial charge on any atom is -0.497 e. The second-order valence-electron chi connectivity index (χ2n) is 6.72. The number of carbonyl (C=O) groups excluding carboxylic acids is 1. The van der Waals surface area contributed by atoms with Crippen molar-refractivity contribution in [1.82, 2.24) is 19.7 Å². The van der Waals surface area contributed by atoms with Crippen LogP contribution in [0.15, 0.2) is 53.7 Å². The zero-order valence-electron chi connectivity index (χ0n) is 16.0. The SMILES string of the molecule is COc1cccc(-c2nnc(SCC(=O)N3CCc4ccccc4C3)n2C)c1. The van der Waals surface area contributed by atoms with Crippen LogP contribution in [0.5, 0.6) is 5.75 Å². The summed E-state index contributed by atoms with van der Waals surface area (Å²) in [6.45, 7) is 1.45. The van der Waals surface area contributed by atoms with Gasteiger partial charge in [0.05, 0.1) is 12.9 Å². The molecule has 0 unspecified atom stereocenters. The molecule has 6 nitrogen and oxygen atoms in total. The topological polar surface area (TPSA) is 60.3 Å². The van der Waals surface area contributed by atoms with Crippen LogP contribution in [0, 0.1) is 0 Å². The van der Waals surface area contributed by atoms with Gasteiger partial charge in [0, 0.05) is 25.7 Å². The third-order valence-electron chi connectivity index (χ3n) is 4.97. The molecule has 28 heavy (non-hydrogen) atoms. The van der Waals surface area contributed by atoms with E-state index in [0.29, 0.717) is 12.3 Å². The quantitative estimate of drug-likeness (QED) is 0.622. The van der Waals surface area contributed by atoms with Gasteiger partial charge in [0.15, 0.2) is 11.0 Å². The van der Waals surface area contributed by atoms with Crippen molar-refractivity contribution in [3.8, 4) is 17.1 Å². The monoisotopic (exact) mass is 394 g/mol. The molecule has 0 N–H and O–H groups in total. The molecule has 144 valence electrons. The van der Waals surface area contributed by atoms with E-state index in [1.165, 1.54) is 22.9 Å². The van der Waals surface area contributed by atoms with Crippen LogP contribution in [-0.4, -0.2) is 45.0 Å². The number of benzene rings is 2. The molecule has 1 aliphatic rings. The first kappa shape index (κ1) is 18.6. The fraction of sp³-hybridized carbons (Fsp3) is 0.286. The predicted octanol–water partition coefficient (Wildman–Crippen LogP) is 3.17. The standard InChI is InChI=1S/C21H22N4O2S/c1-24-20(16-8-5-9-18(12-16)27-2)22-23-21(24)28-14-19(26)25-11-10-15-6-3-4-7-17(15)13-25/h3-9,12H,10-11,13-14H2,1-2H3. The van der Waals surface area contributed by atoms with Gasteiger partial charge in [-0.15, -0.1) is 10.2 Å². The summed E-state index contributed by atoms with van der Waals surface area (Å²) in [6, 6.07) is 16.0. The van der Waals surface area contributed by atoms with Crippen molar-refractivity contribution >= 4 is 17.7 Å². The number of thioether (sulfide) groups is 1. The number of hydrogen-bond donors (Lipinski definition) is 0. The lowest BCUT2D eigenvalue weighted by Gasteiger charge is -2.28. The van der Waals surface area contributed by atoms with Gasteiger partial charge in [0.1, 0.15) is 5.75 Å². The van der Waals surface area contributed by atoms with Gasteiger partial charge in [-0.1, -0.05) is 48.2 Å². The maximum absolute atomic E-state index is 12.7. The van der Waals surface area contributed by atoms with Crippen LogP contribution in [0.2, 0.25) is 0 Å². The second-order valence-corrected chi connectivity index (χ2v) is 7.66. The van der Waals surface area contributed by atoms with E-state index in [-0.39, 0.29) is 5.91 Å². The highest BCUT2D eigenvalue weighted by atomic mass is 32.2. The summed E-state index contributed by atoms with van der Waals surface area (Å²) in [5, 5.41) is 9.28. The van der Waals surface area contributed by atoms with Gasteiger partial charge in [0.25, 0.3) is 0 Å². The first-order chi connectivity index (χ1) is 13.7. The molecule has 1 aliphatic heterocycles. The zero-order chi connectivity index (χ0) is 19.5. The van der Waals surface area contributed by atoms with Gasteiger partial charge >= 0.3 is 0 Å². The van der Waals surface area contributed by atoms with E-state index in [2.05, 4.69) is 28.4 Å². The van der Waals surface area contributed by atoms with E-state index in [4.69, 9.17) is 4.74 Å². The summed E-state index contributed by atoms with van der Waals surface area (Å²) < 4.78 is 7.20. The van der Waals surface area contributed by atoms with Crippen molar-refractivity contribution in [2.75, 3.05) is 19.4 Å². The fourth-order valence-electron chi connectivity index (χ4n) is 3.38. The third kappa shape index (κ3) is 3.75. The molecule has 3 aromatic rings. The Labute approximate surface area is 168 Å². The lowest BCUT2D eigenvalue weighted by molar-refractivity contribution is -0.129. The third-order valence-corrected chi connectivity index (χ3v) is 5.98. The Morgan fingerprint density at radius 1 is 1.14 bits per heavy atom. The molecule has 7 heteroatoms. The molecule has 1 aromatic heterocycles. The summed E-state index contributed by atoms with van der Waals surface area (Å²) in [5.41, 5.74) is 3.52. The van der Waals surface area contributed by atoms with Crippen LogP contribution in [0.4, 0.5) is 0 Å². The van der Waals surface area contributed by atoms with Crippen LogP contribution in [0.3, 0.4) is 0 Å². The maximum atomic E-state index is 12.7. The lowest BCUT2D eigenvalue weighted by atomic mass is 10.00. The smallest absolute Gasteiger partial charge is 0.233 e. The van der Waals surface area contributed by atoms with Crippen LogP contribution >= 0.6 is 11.8 Å². The Hall–Kier alpha value is -2.80. The molecule has 0 bridgehead atoms. The summed E-state index contributed by atoms with van der Waals surface area (Å²) in [7, 11) is 3.56. The van der Waals surface area contributed by atoms with Crippen LogP contribution < -0.4 is 4.74 Å². The summed E-state index contributed by atoms with van der Waals surface area (Å²) in [6.07, 6.45) is 0.913. The maximum Gasteiger partial charge on any atom is 0.233 e. The van der Waals surface area contributed by atoms with E-state index < -0.39 is 0 Å². The molecule has 0 atom stereocenters. The largest absolute Gasteiger partial charge is 0.497 e. The molecule has 4 rings (SSSR count). The summed E-state index contributed by atoms with van der Waals surface area (Å²) >= 11 is 1.42. The van der Waals surface area contributed by atoms with Gasteiger partial charge in [-0.2, -0.15) is 0 Å². The first-order valence-electron chi connectivity index (χ1n) is 9.17. The number of nitrogens with zero attached hydrogens (tertiary/aromatic N) is 4. The van der Waals surface area contributed by atoms with E-state index in [9.17, 15) is 4.79 Å². The highest BCUT2D eigenvalue weighted by Crippen LogP contribution is 2.26. The first-order valence-corrected chi connectivity index (χ1v) is 10.2. The molecule has 0 fully saturated rings. The minimum absolute atomic E-state index is 0.130. The van der Waals surface area contributed by atoms with Gasteiger partial charge in [-0.3, -0.25) is 4.79 Å². The van der Waals surface area contributed by atoms with Crippen LogP contribution in [0.1, 0.15) is 11.1 Å². The molecule has 2 heterocycles. The normalized spacial score (nSPS) is 13.3. The van der Waals surface area contributed by atoms with Crippen LogP contribution in [0.25, 0.3) is 11.4 Å². The average Bonchev–Trinajstić information content (AvgIpc) is 3.12. The van der Waals surface area contributed by atoms with Gasteiger partial charge in [-0.25, -0.2) is 0 Å². The van der Waals surface area contributed by atoms with E-state index in [1.54, 1.807) is 7.11 Å². The Morgan fingerprint density at radius 3 is 2.79 bits per heavy atom.